The molecule has 1 aromatic heterocycles. The Hall–Kier alpha value is -2.79. The van der Waals surface area contributed by atoms with Gasteiger partial charge in [-0.25, -0.2) is 4.68 Å². The fourth-order valence-electron chi connectivity index (χ4n) is 2.60. The van der Waals surface area contributed by atoms with Crippen molar-refractivity contribution in [2.45, 2.75) is 13.0 Å². The minimum absolute atomic E-state index is 0.651. The highest BCUT2D eigenvalue weighted by molar-refractivity contribution is 6.31. The molecule has 0 unspecified atom stereocenters. The van der Waals surface area contributed by atoms with E-state index in [1.54, 1.807) is 7.05 Å². The Balaban J connectivity index is 1.49. The maximum absolute atomic E-state index is 6.18. The van der Waals surface area contributed by atoms with Gasteiger partial charge in [0.1, 0.15) is 0 Å². The van der Waals surface area contributed by atoms with Crippen LogP contribution in [0.25, 0.3) is 5.69 Å². The molecule has 0 fully saturated rings. The molecule has 134 valence electrons. The largest absolute Gasteiger partial charge is 0.356 e. The van der Waals surface area contributed by atoms with Gasteiger partial charge in [0, 0.05) is 36.9 Å². The fourth-order valence-corrected chi connectivity index (χ4v) is 2.83. The third kappa shape index (κ3) is 4.86. The van der Waals surface area contributed by atoms with Crippen molar-refractivity contribution in [3.63, 3.8) is 0 Å². The molecule has 0 radical (unpaired) electrons. The summed E-state index contributed by atoms with van der Waals surface area (Å²) in [6, 6.07) is 17.9. The van der Waals surface area contributed by atoms with Gasteiger partial charge >= 0.3 is 0 Å². The van der Waals surface area contributed by atoms with Crippen molar-refractivity contribution in [1.82, 2.24) is 20.4 Å². The second-order valence-electron chi connectivity index (χ2n) is 5.82. The number of nitrogens with zero attached hydrogens (tertiary/aromatic N) is 3. The molecule has 0 saturated heterocycles. The van der Waals surface area contributed by atoms with Gasteiger partial charge in [-0.3, -0.25) is 4.99 Å². The molecule has 0 aliphatic heterocycles. The standard InChI is InChI=1S/C20H22ClN5/c1-22-20(23-12-11-17-7-5-6-10-19(17)21)24-13-16-14-25-26(15-16)18-8-3-2-4-9-18/h2-10,14-15H,11-13H2,1H3,(H2,22,23,24). The molecule has 0 amide bonds. The summed E-state index contributed by atoms with van der Waals surface area (Å²) in [5.41, 5.74) is 3.25. The van der Waals surface area contributed by atoms with Gasteiger partial charge in [-0.15, -0.1) is 0 Å². The van der Waals surface area contributed by atoms with Crippen molar-refractivity contribution in [3.8, 4) is 5.69 Å². The minimum atomic E-state index is 0.651. The lowest BCUT2D eigenvalue weighted by molar-refractivity contribution is 0.794. The van der Waals surface area contributed by atoms with E-state index in [4.69, 9.17) is 11.6 Å². The Kier molecular flexibility index (Phi) is 6.28. The lowest BCUT2D eigenvalue weighted by atomic mass is 10.1. The molecule has 2 N–H and O–H groups in total. The van der Waals surface area contributed by atoms with E-state index >= 15 is 0 Å². The van der Waals surface area contributed by atoms with Crippen LogP contribution < -0.4 is 10.6 Å². The number of guanidine groups is 1. The summed E-state index contributed by atoms with van der Waals surface area (Å²) in [5, 5.41) is 11.8. The van der Waals surface area contributed by atoms with Gasteiger partial charge in [0.05, 0.1) is 11.9 Å². The fraction of sp³-hybridized carbons (Fsp3) is 0.200. The van der Waals surface area contributed by atoms with E-state index in [2.05, 4.69) is 20.7 Å². The number of rotatable bonds is 6. The van der Waals surface area contributed by atoms with Crippen molar-refractivity contribution < 1.29 is 0 Å². The zero-order valence-corrected chi connectivity index (χ0v) is 15.4. The summed E-state index contributed by atoms with van der Waals surface area (Å²) in [5.74, 6) is 0.754. The minimum Gasteiger partial charge on any atom is -0.356 e. The molecule has 0 spiro atoms. The average molecular weight is 368 g/mol. The molecule has 1 heterocycles. The Morgan fingerprint density at radius 3 is 2.62 bits per heavy atom. The molecule has 0 saturated carbocycles. The number of aromatic nitrogens is 2. The number of hydrogen-bond donors (Lipinski definition) is 2. The number of halogens is 1. The number of para-hydroxylation sites is 1. The van der Waals surface area contributed by atoms with Gasteiger partial charge in [0.2, 0.25) is 0 Å². The summed E-state index contributed by atoms with van der Waals surface area (Å²) in [6.45, 7) is 1.41. The van der Waals surface area contributed by atoms with E-state index in [0.29, 0.717) is 6.54 Å². The van der Waals surface area contributed by atoms with E-state index in [-0.39, 0.29) is 0 Å². The second kappa shape index (κ2) is 9.06. The van der Waals surface area contributed by atoms with Crippen molar-refractivity contribution in [2.75, 3.05) is 13.6 Å². The lowest BCUT2D eigenvalue weighted by Gasteiger charge is -2.11. The molecule has 0 atom stereocenters. The molecule has 0 bridgehead atoms. The normalized spacial score (nSPS) is 11.4. The van der Waals surface area contributed by atoms with Gasteiger partial charge in [-0.1, -0.05) is 48.0 Å². The van der Waals surface area contributed by atoms with Gasteiger partial charge < -0.3 is 10.6 Å². The van der Waals surface area contributed by atoms with Gasteiger partial charge in [-0.05, 0) is 30.2 Å². The first-order valence-electron chi connectivity index (χ1n) is 8.53. The average Bonchev–Trinajstić information content (AvgIpc) is 3.16. The Morgan fingerprint density at radius 1 is 1.08 bits per heavy atom. The van der Waals surface area contributed by atoms with Crippen LogP contribution in [-0.4, -0.2) is 29.3 Å². The van der Waals surface area contributed by atoms with Crippen LogP contribution in [0.4, 0.5) is 0 Å². The first-order chi connectivity index (χ1) is 12.8. The zero-order valence-electron chi connectivity index (χ0n) is 14.7. The van der Waals surface area contributed by atoms with Crippen molar-refractivity contribution >= 4 is 17.6 Å². The van der Waals surface area contributed by atoms with Crippen molar-refractivity contribution in [2.24, 2.45) is 4.99 Å². The van der Waals surface area contributed by atoms with Crippen LogP contribution in [0.15, 0.2) is 72.0 Å². The maximum Gasteiger partial charge on any atom is 0.191 e. The number of benzene rings is 2. The first-order valence-corrected chi connectivity index (χ1v) is 8.91. The predicted octanol–water partition coefficient (Wildman–Crippen LogP) is 3.43. The van der Waals surface area contributed by atoms with E-state index in [9.17, 15) is 0 Å². The number of hydrogen-bond acceptors (Lipinski definition) is 2. The summed E-state index contributed by atoms with van der Waals surface area (Å²) in [4.78, 5) is 4.26. The van der Waals surface area contributed by atoms with E-state index in [0.717, 1.165) is 40.8 Å². The van der Waals surface area contributed by atoms with Crippen LogP contribution in [0.2, 0.25) is 5.02 Å². The molecule has 5 nitrogen and oxygen atoms in total. The smallest absolute Gasteiger partial charge is 0.191 e. The highest BCUT2D eigenvalue weighted by Crippen LogP contribution is 2.14. The highest BCUT2D eigenvalue weighted by atomic mass is 35.5. The van der Waals surface area contributed by atoms with Crippen LogP contribution >= 0.6 is 11.6 Å². The molecular weight excluding hydrogens is 346 g/mol. The lowest BCUT2D eigenvalue weighted by Crippen LogP contribution is -2.37. The molecular formula is C20H22ClN5. The van der Waals surface area contributed by atoms with Crippen LogP contribution in [0, 0.1) is 0 Å². The maximum atomic E-state index is 6.18. The van der Waals surface area contributed by atoms with E-state index in [1.807, 2.05) is 71.7 Å². The topological polar surface area (TPSA) is 54.2 Å². The summed E-state index contributed by atoms with van der Waals surface area (Å²) in [6.07, 6.45) is 4.71. The second-order valence-corrected chi connectivity index (χ2v) is 6.23. The monoisotopic (exact) mass is 367 g/mol. The Labute approximate surface area is 158 Å². The van der Waals surface area contributed by atoms with Crippen LogP contribution in [-0.2, 0) is 13.0 Å². The molecule has 6 heteroatoms. The molecule has 0 aliphatic rings. The van der Waals surface area contributed by atoms with Crippen LogP contribution in [0.3, 0.4) is 0 Å². The Morgan fingerprint density at radius 2 is 1.85 bits per heavy atom. The van der Waals surface area contributed by atoms with E-state index in [1.165, 1.54) is 0 Å². The van der Waals surface area contributed by atoms with Gasteiger partial charge in [-0.2, -0.15) is 5.10 Å². The predicted molar refractivity (Wildman–Crippen MR) is 107 cm³/mol. The van der Waals surface area contributed by atoms with Gasteiger partial charge in [0.15, 0.2) is 5.96 Å². The zero-order chi connectivity index (χ0) is 18.2. The summed E-state index contributed by atoms with van der Waals surface area (Å²) in [7, 11) is 1.76. The van der Waals surface area contributed by atoms with Crippen LogP contribution in [0.1, 0.15) is 11.1 Å². The van der Waals surface area contributed by atoms with Crippen LogP contribution in [0.5, 0.6) is 0 Å². The molecule has 2 aromatic carbocycles. The molecule has 0 aliphatic carbocycles. The molecule has 26 heavy (non-hydrogen) atoms. The van der Waals surface area contributed by atoms with Crippen molar-refractivity contribution in [1.29, 1.82) is 0 Å². The highest BCUT2D eigenvalue weighted by Gasteiger charge is 2.03. The number of aliphatic imine (C=N–C) groups is 1. The third-order valence-corrected chi connectivity index (χ3v) is 4.35. The summed E-state index contributed by atoms with van der Waals surface area (Å²) < 4.78 is 1.87. The molecule has 3 rings (SSSR count). The summed E-state index contributed by atoms with van der Waals surface area (Å²) >= 11 is 6.18. The Bertz CT molecular complexity index is 857. The van der Waals surface area contributed by atoms with Crippen molar-refractivity contribution in [3.05, 3.63) is 83.1 Å². The quantitative estimate of drug-likeness (QED) is 0.518. The SMILES string of the molecule is CN=C(NCCc1ccccc1Cl)NCc1cnn(-c2ccccc2)c1. The van der Waals surface area contributed by atoms with E-state index < -0.39 is 0 Å². The third-order valence-electron chi connectivity index (χ3n) is 3.98. The molecule has 3 aromatic rings. The number of nitrogens with one attached hydrogen (secondary N) is 2. The first kappa shape index (κ1) is 18.0. The van der Waals surface area contributed by atoms with Gasteiger partial charge in [0.25, 0.3) is 0 Å².